The van der Waals surface area contributed by atoms with Gasteiger partial charge in [0.05, 0.1) is 30.7 Å². The molecular weight excluding hydrogens is 416 g/mol. The minimum absolute atomic E-state index is 0.0416. The smallest absolute Gasteiger partial charge is 0.290 e. The highest BCUT2D eigenvalue weighted by Gasteiger charge is 2.37. The quantitative estimate of drug-likeness (QED) is 0.637. The maximum Gasteiger partial charge on any atom is 0.290 e. The van der Waals surface area contributed by atoms with E-state index in [4.69, 9.17) is 14.1 Å². The highest BCUT2D eigenvalue weighted by molar-refractivity contribution is 5.92. The first kappa shape index (κ1) is 23.3. The molecule has 4 rings (SSSR count). The number of unbranched alkanes of at least 4 members (excludes halogenated alkanes) is 1. The zero-order valence-corrected chi connectivity index (χ0v) is 20.1. The Hall–Kier alpha value is -2.85. The van der Waals surface area contributed by atoms with E-state index in [2.05, 4.69) is 24.8 Å². The molecule has 0 bridgehead atoms. The van der Waals surface area contributed by atoms with Crippen LogP contribution in [0.25, 0.3) is 0 Å². The molecule has 0 radical (unpaired) electrons. The van der Waals surface area contributed by atoms with Crippen molar-refractivity contribution >= 4 is 11.7 Å². The van der Waals surface area contributed by atoms with E-state index in [1.54, 1.807) is 12.1 Å². The van der Waals surface area contributed by atoms with Crippen molar-refractivity contribution in [1.29, 1.82) is 5.26 Å². The van der Waals surface area contributed by atoms with Crippen LogP contribution in [0.5, 0.6) is 0 Å². The van der Waals surface area contributed by atoms with Crippen LogP contribution in [0.3, 0.4) is 0 Å². The summed E-state index contributed by atoms with van der Waals surface area (Å²) in [7, 11) is 0. The molecular formula is C26H34N4O3. The molecule has 1 saturated heterocycles. The van der Waals surface area contributed by atoms with Crippen molar-refractivity contribution in [2.45, 2.75) is 78.0 Å². The fourth-order valence-electron chi connectivity index (χ4n) is 5.29. The normalized spacial score (nSPS) is 21.4. The third-order valence-electron chi connectivity index (χ3n) is 6.92. The van der Waals surface area contributed by atoms with Gasteiger partial charge in [0, 0.05) is 30.7 Å². The number of nitriles is 1. The predicted molar refractivity (Wildman–Crippen MR) is 126 cm³/mol. The van der Waals surface area contributed by atoms with Crippen LogP contribution in [0.15, 0.2) is 22.8 Å². The number of ether oxygens (including phenoxy) is 1. The van der Waals surface area contributed by atoms with Gasteiger partial charge in [-0.15, -0.1) is 0 Å². The highest BCUT2D eigenvalue weighted by Crippen LogP contribution is 2.36. The number of carbonyl (C=O) groups excluding carboxylic acids is 1. The molecule has 0 saturated carbocycles. The zero-order valence-electron chi connectivity index (χ0n) is 20.1. The lowest BCUT2D eigenvalue weighted by atomic mass is 9.89. The Morgan fingerprint density at radius 2 is 2.06 bits per heavy atom. The number of piperazine rings is 1. The van der Waals surface area contributed by atoms with Crippen molar-refractivity contribution in [3.05, 3.63) is 46.5 Å². The Balaban J connectivity index is 1.68. The number of aromatic nitrogens is 1. The molecule has 2 aliphatic rings. The van der Waals surface area contributed by atoms with E-state index in [1.807, 2.05) is 18.7 Å². The van der Waals surface area contributed by atoms with Crippen molar-refractivity contribution < 1.29 is 13.9 Å². The SMILES string of the molecule is CCCCC(C)c1nc(N2C[C@@H](C)N(C(=O)c3ccco3)[C@@H](C)C2)c(C#N)c2c1COCC2. The molecule has 0 N–H and O–H groups in total. The average molecular weight is 451 g/mol. The molecule has 2 aliphatic heterocycles. The molecule has 176 valence electrons. The topological polar surface area (TPSA) is 82.6 Å². The van der Waals surface area contributed by atoms with Gasteiger partial charge in [-0.1, -0.05) is 26.7 Å². The summed E-state index contributed by atoms with van der Waals surface area (Å²) in [6.07, 6.45) is 5.63. The average Bonchev–Trinajstić information content (AvgIpc) is 3.36. The Labute approximate surface area is 196 Å². The number of carbonyl (C=O) groups is 1. The van der Waals surface area contributed by atoms with Crippen molar-refractivity contribution in [1.82, 2.24) is 9.88 Å². The molecule has 3 atom stereocenters. The molecule has 1 amide bonds. The van der Waals surface area contributed by atoms with Crippen LogP contribution in [0.4, 0.5) is 5.82 Å². The Bertz CT molecular complexity index is 1020. The number of hydrogen-bond donors (Lipinski definition) is 0. The van der Waals surface area contributed by atoms with Gasteiger partial charge in [-0.3, -0.25) is 4.79 Å². The lowest BCUT2D eigenvalue weighted by molar-refractivity contribution is 0.0541. The third kappa shape index (κ3) is 4.49. The zero-order chi connectivity index (χ0) is 23.5. The number of amides is 1. The van der Waals surface area contributed by atoms with Gasteiger partial charge in [0.25, 0.3) is 5.91 Å². The van der Waals surface area contributed by atoms with Crippen LogP contribution >= 0.6 is 0 Å². The molecule has 33 heavy (non-hydrogen) atoms. The second-order valence-electron chi connectivity index (χ2n) is 9.40. The molecule has 0 aromatic carbocycles. The summed E-state index contributed by atoms with van der Waals surface area (Å²) in [6, 6.07) is 5.82. The van der Waals surface area contributed by atoms with Gasteiger partial charge in [-0.05, 0) is 50.3 Å². The van der Waals surface area contributed by atoms with E-state index in [-0.39, 0.29) is 18.0 Å². The van der Waals surface area contributed by atoms with Gasteiger partial charge in [0.2, 0.25) is 0 Å². The van der Waals surface area contributed by atoms with Gasteiger partial charge in [-0.2, -0.15) is 5.26 Å². The largest absolute Gasteiger partial charge is 0.459 e. The highest BCUT2D eigenvalue weighted by atomic mass is 16.5. The maximum absolute atomic E-state index is 13.0. The third-order valence-corrected chi connectivity index (χ3v) is 6.92. The first-order valence-corrected chi connectivity index (χ1v) is 12.1. The first-order chi connectivity index (χ1) is 16.0. The first-order valence-electron chi connectivity index (χ1n) is 12.1. The molecule has 0 spiro atoms. The summed E-state index contributed by atoms with van der Waals surface area (Å²) in [6.45, 7) is 10.9. The van der Waals surface area contributed by atoms with Gasteiger partial charge in [0.1, 0.15) is 11.9 Å². The van der Waals surface area contributed by atoms with Gasteiger partial charge < -0.3 is 19.0 Å². The minimum atomic E-state index is -0.0930. The van der Waals surface area contributed by atoms with Crippen molar-refractivity contribution in [3.63, 3.8) is 0 Å². The van der Waals surface area contributed by atoms with Crippen LogP contribution in [-0.4, -0.2) is 47.6 Å². The summed E-state index contributed by atoms with van der Waals surface area (Å²) < 4.78 is 11.1. The molecule has 2 aromatic rings. The second-order valence-corrected chi connectivity index (χ2v) is 9.40. The van der Waals surface area contributed by atoms with E-state index < -0.39 is 0 Å². The van der Waals surface area contributed by atoms with Crippen LogP contribution < -0.4 is 4.90 Å². The van der Waals surface area contributed by atoms with E-state index in [0.29, 0.717) is 43.5 Å². The summed E-state index contributed by atoms with van der Waals surface area (Å²) >= 11 is 0. The fourth-order valence-corrected chi connectivity index (χ4v) is 5.29. The lowest BCUT2D eigenvalue weighted by Gasteiger charge is -2.45. The number of pyridine rings is 1. The van der Waals surface area contributed by atoms with E-state index in [1.165, 1.54) is 6.26 Å². The molecule has 1 unspecified atom stereocenters. The number of nitrogens with zero attached hydrogens (tertiary/aromatic N) is 4. The monoisotopic (exact) mass is 450 g/mol. The van der Waals surface area contributed by atoms with Crippen molar-refractivity contribution in [3.8, 4) is 6.07 Å². The molecule has 0 aliphatic carbocycles. The Kier molecular flexibility index (Phi) is 7.04. The fraction of sp³-hybridized carbons (Fsp3) is 0.577. The lowest BCUT2D eigenvalue weighted by Crippen LogP contribution is -2.59. The van der Waals surface area contributed by atoms with E-state index in [9.17, 15) is 10.1 Å². The molecule has 1 fully saturated rings. The van der Waals surface area contributed by atoms with E-state index >= 15 is 0 Å². The standard InChI is InChI=1S/C26H34N4O3/c1-5-6-8-17(2)24-22-16-32-12-10-20(22)21(13-27)25(28-24)29-14-18(3)30(19(4)15-29)26(31)23-9-7-11-33-23/h7,9,11,17-19H,5-6,8,10,12,14-16H2,1-4H3/t17?,18-,19+. The summed E-state index contributed by atoms with van der Waals surface area (Å²) in [4.78, 5) is 22.2. The number of furan rings is 1. The van der Waals surface area contributed by atoms with Crippen molar-refractivity contribution in [2.24, 2.45) is 0 Å². The summed E-state index contributed by atoms with van der Waals surface area (Å²) in [5.41, 5.74) is 3.95. The number of hydrogen-bond acceptors (Lipinski definition) is 6. The van der Waals surface area contributed by atoms with E-state index in [0.717, 1.165) is 48.3 Å². The van der Waals surface area contributed by atoms with Crippen LogP contribution in [0, 0.1) is 11.3 Å². The van der Waals surface area contributed by atoms with Gasteiger partial charge in [-0.25, -0.2) is 4.98 Å². The molecule has 2 aromatic heterocycles. The second kappa shape index (κ2) is 9.96. The number of fused-ring (bicyclic) bond motifs is 1. The van der Waals surface area contributed by atoms with Crippen molar-refractivity contribution in [2.75, 3.05) is 24.6 Å². The summed E-state index contributed by atoms with van der Waals surface area (Å²) in [5, 5.41) is 10.1. The minimum Gasteiger partial charge on any atom is -0.459 e. The van der Waals surface area contributed by atoms with Crippen LogP contribution in [0.1, 0.15) is 85.8 Å². The number of rotatable bonds is 6. The van der Waals surface area contributed by atoms with Gasteiger partial charge in [0.15, 0.2) is 5.76 Å². The predicted octanol–water partition coefficient (Wildman–Crippen LogP) is 4.65. The van der Waals surface area contributed by atoms with Crippen LogP contribution in [-0.2, 0) is 17.8 Å². The Morgan fingerprint density at radius 1 is 1.30 bits per heavy atom. The van der Waals surface area contributed by atoms with Crippen LogP contribution in [0.2, 0.25) is 0 Å². The Morgan fingerprint density at radius 3 is 2.70 bits per heavy atom. The summed E-state index contributed by atoms with van der Waals surface area (Å²) in [5.74, 6) is 1.34. The maximum atomic E-state index is 13.0. The molecule has 7 nitrogen and oxygen atoms in total. The number of anilines is 1. The molecule has 7 heteroatoms. The molecule has 4 heterocycles. The van der Waals surface area contributed by atoms with Gasteiger partial charge >= 0.3 is 0 Å².